The van der Waals surface area contributed by atoms with Gasteiger partial charge in [0.25, 0.3) is 5.91 Å². The Morgan fingerprint density at radius 2 is 2.14 bits per heavy atom. The van der Waals surface area contributed by atoms with E-state index in [0.29, 0.717) is 16.7 Å². The van der Waals surface area contributed by atoms with Crippen molar-refractivity contribution in [2.75, 3.05) is 5.75 Å². The summed E-state index contributed by atoms with van der Waals surface area (Å²) < 4.78 is 0. The van der Waals surface area contributed by atoms with Crippen LogP contribution in [-0.2, 0) is 9.59 Å². The van der Waals surface area contributed by atoms with Crippen molar-refractivity contribution in [3.05, 3.63) is 35.6 Å². The maximum atomic E-state index is 12.0. The van der Waals surface area contributed by atoms with Gasteiger partial charge in [0.05, 0.1) is 11.5 Å². The molecule has 0 spiro atoms. The van der Waals surface area contributed by atoms with E-state index >= 15 is 0 Å². The van der Waals surface area contributed by atoms with Gasteiger partial charge in [0.2, 0.25) is 5.91 Å². The highest BCUT2D eigenvalue weighted by molar-refractivity contribution is 8.00. The van der Waals surface area contributed by atoms with Gasteiger partial charge in [-0.15, -0.1) is 11.8 Å². The van der Waals surface area contributed by atoms with Crippen LogP contribution in [0.25, 0.3) is 0 Å². The van der Waals surface area contributed by atoms with Gasteiger partial charge < -0.3 is 5.32 Å². The maximum Gasteiger partial charge on any atom is 0.256 e. The minimum absolute atomic E-state index is 0.0961. The molecule has 22 heavy (non-hydrogen) atoms. The second kappa shape index (κ2) is 6.65. The molecule has 5 heteroatoms. The molecule has 1 N–H and O–H groups in total. The molecule has 3 aliphatic rings. The van der Waals surface area contributed by atoms with Crippen LogP contribution < -0.4 is 5.32 Å². The molecule has 0 bridgehead atoms. The molecule has 1 aliphatic heterocycles. The van der Waals surface area contributed by atoms with Crippen LogP contribution in [0.2, 0.25) is 0 Å². The van der Waals surface area contributed by atoms with Gasteiger partial charge in [-0.3, -0.25) is 9.59 Å². The van der Waals surface area contributed by atoms with E-state index in [1.807, 2.05) is 19.1 Å². The van der Waals surface area contributed by atoms with Gasteiger partial charge in [-0.1, -0.05) is 24.5 Å². The molecule has 0 aromatic heterocycles. The minimum atomic E-state index is -0.113. The van der Waals surface area contributed by atoms with Crippen LogP contribution in [0.5, 0.6) is 0 Å². The fourth-order valence-electron chi connectivity index (χ4n) is 3.07. The van der Waals surface area contributed by atoms with Crippen molar-refractivity contribution < 1.29 is 9.59 Å². The van der Waals surface area contributed by atoms with Gasteiger partial charge in [-0.25, -0.2) is 4.99 Å². The van der Waals surface area contributed by atoms with E-state index < -0.39 is 0 Å². The van der Waals surface area contributed by atoms with Crippen LogP contribution in [0.1, 0.15) is 32.6 Å². The third-order valence-corrected chi connectivity index (χ3v) is 5.57. The first-order valence-electron chi connectivity index (χ1n) is 7.74. The van der Waals surface area contributed by atoms with Crippen LogP contribution in [-0.4, -0.2) is 28.5 Å². The second-order valence-corrected chi connectivity index (χ2v) is 7.25. The van der Waals surface area contributed by atoms with Gasteiger partial charge in [-0.05, 0) is 31.9 Å². The molecule has 2 amide bonds. The molecule has 116 valence electrons. The normalized spacial score (nSPS) is 26.5. The Kier molecular flexibility index (Phi) is 4.62. The first kappa shape index (κ1) is 15.3. The molecule has 4 nitrogen and oxygen atoms in total. The summed E-state index contributed by atoms with van der Waals surface area (Å²) in [5.74, 6) is 0.332. The molecule has 1 fully saturated rings. The maximum absolute atomic E-state index is 12.0. The first-order valence-corrected chi connectivity index (χ1v) is 8.79. The third kappa shape index (κ3) is 3.58. The highest BCUT2D eigenvalue weighted by Gasteiger charge is 2.24. The highest BCUT2D eigenvalue weighted by atomic mass is 32.2. The fourth-order valence-corrected chi connectivity index (χ4v) is 4.18. The van der Waals surface area contributed by atoms with Gasteiger partial charge in [0.15, 0.2) is 0 Å². The van der Waals surface area contributed by atoms with E-state index in [0.717, 1.165) is 11.3 Å². The number of nitrogens with zero attached hydrogens (tertiary/aromatic N) is 1. The molecule has 1 atom stereocenters. The molecule has 3 rings (SSSR count). The van der Waals surface area contributed by atoms with Crippen molar-refractivity contribution in [3.8, 4) is 0 Å². The molecule has 0 radical (unpaired) electrons. The molecule has 1 heterocycles. The van der Waals surface area contributed by atoms with Gasteiger partial charge >= 0.3 is 0 Å². The Balaban J connectivity index is 1.63. The average molecular weight is 316 g/mol. The zero-order valence-electron chi connectivity index (χ0n) is 12.7. The number of nitrogens with one attached hydrogen (secondary N) is 1. The van der Waals surface area contributed by atoms with Crippen LogP contribution in [0.15, 0.2) is 40.6 Å². The Morgan fingerprint density at radius 1 is 1.36 bits per heavy atom. The average Bonchev–Trinajstić information content (AvgIpc) is 2.98. The van der Waals surface area contributed by atoms with E-state index in [4.69, 9.17) is 0 Å². The smallest absolute Gasteiger partial charge is 0.256 e. The lowest BCUT2D eigenvalue weighted by molar-refractivity contribution is -0.116. The number of aliphatic imine (C=N–C) groups is 1. The first-order chi connectivity index (χ1) is 10.6. The van der Waals surface area contributed by atoms with Crippen molar-refractivity contribution in [1.82, 2.24) is 5.32 Å². The number of carbonyl (C=O) groups is 2. The zero-order valence-corrected chi connectivity index (χ0v) is 13.5. The van der Waals surface area contributed by atoms with Crippen molar-refractivity contribution in [2.45, 2.75) is 37.9 Å². The van der Waals surface area contributed by atoms with Crippen LogP contribution in [0, 0.1) is 5.92 Å². The molecule has 1 unspecified atom stereocenters. The molecule has 0 aromatic rings. The summed E-state index contributed by atoms with van der Waals surface area (Å²) in [4.78, 5) is 27.7. The molecule has 2 aliphatic carbocycles. The lowest BCUT2D eigenvalue weighted by Gasteiger charge is -2.25. The van der Waals surface area contributed by atoms with Crippen LogP contribution >= 0.6 is 11.8 Å². The Bertz CT molecular complexity index is 610. The Morgan fingerprint density at radius 3 is 2.91 bits per heavy atom. The molecule has 1 saturated carbocycles. The monoisotopic (exact) mass is 316 g/mol. The van der Waals surface area contributed by atoms with Crippen molar-refractivity contribution in [2.24, 2.45) is 10.9 Å². The topological polar surface area (TPSA) is 58.5 Å². The number of carbonyl (C=O) groups excluding carboxylic acids is 2. The summed E-state index contributed by atoms with van der Waals surface area (Å²) >= 11 is 1.72. The number of thioether (sulfide) groups is 1. The molecule has 0 saturated heterocycles. The minimum Gasteiger partial charge on any atom is -0.325 e. The number of fused-ring (bicyclic) bond motifs is 1. The molecular weight excluding hydrogens is 296 g/mol. The summed E-state index contributed by atoms with van der Waals surface area (Å²) in [5.41, 5.74) is 2.44. The van der Waals surface area contributed by atoms with Crippen molar-refractivity contribution in [1.29, 1.82) is 0 Å². The standard InChI is InChI=1S/C17H20N2O2S/c1-11-8-16(20)19-15-9-12(6-7-14(11)15)18-17(21)10-22-13-4-2-3-5-13/h6-9,13-14H,2-5,10H2,1H3,(H,19,20). The van der Waals surface area contributed by atoms with E-state index in [1.165, 1.54) is 25.7 Å². The predicted octanol–water partition coefficient (Wildman–Crippen LogP) is 2.78. The van der Waals surface area contributed by atoms with E-state index in [9.17, 15) is 9.59 Å². The van der Waals surface area contributed by atoms with Crippen LogP contribution in [0.4, 0.5) is 0 Å². The largest absolute Gasteiger partial charge is 0.325 e. The highest BCUT2D eigenvalue weighted by Crippen LogP contribution is 2.29. The van der Waals surface area contributed by atoms with Gasteiger partial charge in [0, 0.05) is 22.9 Å². The summed E-state index contributed by atoms with van der Waals surface area (Å²) in [7, 11) is 0. The number of hydrogen-bond donors (Lipinski definition) is 1. The third-order valence-electron chi connectivity index (χ3n) is 4.21. The molecular formula is C17H20N2O2S. The molecule has 0 aromatic carbocycles. The lowest BCUT2D eigenvalue weighted by Crippen LogP contribution is -2.32. The fraction of sp³-hybridized carbons (Fsp3) is 0.471. The van der Waals surface area contributed by atoms with Crippen LogP contribution in [0.3, 0.4) is 0 Å². The number of hydrogen-bond acceptors (Lipinski definition) is 3. The summed E-state index contributed by atoms with van der Waals surface area (Å²) in [6.45, 7) is 1.94. The quantitative estimate of drug-likeness (QED) is 0.871. The summed E-state index contributed by atoms with van der Waals surface area (Å²) in [5, 5.41) is 3.45. The Hall–Kier alpha value is -1.62. The Labute approximate surface area is 134 Å². The number of rotatable bonds is 3. The predicted molar refractivity (Wildman–Crippen MR) is 89.8 cm³/mol. The van der Waals surface area contributed by atoms with E-state index in [1.54, 1.807) is 23.9 Å². The second-order valence-electron chi connectivity index (χ2n) is 5.96. The zero-order chi connectivity index (χ0) is 15.5. The summed E-state index contributed by atoms with van der Waals surface area (Å²) in [6, 6.07) is 0. The van der Waals surface area contributed by atoms with Crippen molar-refractivity contribution >= 4 is 29.3 Å². The van der Waals surface area contributed by atoms with Gasteiger partial charge in [-0.2, -0.15) is 0 Å². The SMILES string of the molecule is CC1=CC(=O)NC2=CC(=NC(=O)CSC3CCCC3)C=CC12. The number of amides is 2. The van der Waals surface area contributed by atoms with Crippen molar-refractivity contribution in [3.63, 3.8) is 0 Å². The summed E-state index contributed by atoms with van der Waals surface area (Å²) in [6.07, 6.45) is 12.3. The van der Waals surface area contributed by atoms with E-state index in [2.05, 4.69) is 10.3 Å². The number of allylic oxidation sites excluding steroid dienone is 3. The lowest BCUT2D eigenvalue weighted by atomic mass is 9.89. The van der Waals surface area contributed by atoms with E-state index in [-0.39, 0.29) is 17.7 Å². The van der Waals surface area contributed by atoms with Gasteiger partial charge in [0.1, 0.15) is 0 Å².